The van der Waals surface area contributed by atoms with Gasteiger partial charge in [0.05, 0.1) is 4.83 Å². The van der Waals surface area contributed by atoms with E-state index in [9.17, 15) is 4.79 Å². The number of carbonyl (C=O) groups is 1. The van der Waals surface area contributed by atoms with Gasteiger partial charge in [-0.15, -0.1) is 0 Å². The van der Waals surface area contributed by atoms with Gasteiger partial charge in [0.2, 0.25) is 0 Å². The third kappa shape index (κ3) is 4.22. The minimum absolute atomic E-state index is 0.0750. The van der Waals surface area contributed by atoms with E-state index in [1.165, 1.54) is 11.1 Å². The van der Waals surface area contributed by atoms with E-state index in [2.05, 4.69) is 50.9 Å². The predicted octanol–water partition coefficient (Wildman–Crippen LogP) is 4.54. The van der Waals surface area contributed by atoms with Gasteiger partial charge >= 0.3 is 0 Å². The number of rotatable bonds is 5. The van der Waals surface area contributed by atoms with Crippen LogP contribution >= 0.6 is 31.9 Å². The Kier molecular flexibility index (Phi) is 5.87. The first-order chi connectivity index (χ1) is 7.95. The lowest BCUT2D eigenvalue weighted by atomic mass is 9.97. The number of ketones is 1. The van der Waals surface area contributed by atoms with Gasteiger partial charge < -0.3 is 0 Å². The summed E-state index contributed by atoms with van der Waals surface area (Å²) in [6.07, 6.45) is 1.76. The summed E-state index contributed by atoms with van der Waals surface area (Å²) in [7, 11) is 0. The van der Waals surface area contributed by atoms with Gasteiger partial charge in [0.15, 0.2) is 0 Å². The topological polar surface area (TPSA) is 17.1 Å². The lowest BCUT2D eigenvalue weighted by Gasteiger charge is -2.14. The highest BCUT2D eigenvalue weighted by molar-refractivity contribution is 9.10. The van der Waals surface area contributed by atoms with Gasteiger partial charge in [0, 0.05) is 10.4 Å². The van der Waals surface area contributed by atoms with Crippen LogP contribution in [0.4, 0.5) is 0 Å². The summed E-state index contributed by atoms with van der Waals surface area (Å²) in [5.74, 6) is 0.356. The average molecular weight is 362 g/mol. The van der Waals surface area contributed by atoms with E-state index >= 15 is 0 Å². The lowest BCUT2D eigenvalue weighted by Crippen LogP contribution is -2.22. The molecule has 17 heavy (non-hydrogen) atoms. The SMILES string of the molecule is CCc1cc(Br)ccc1CC(Br)C(=O)C(C)C. The summed E-state index contributed by atoms with van der Waals surface area (Å²) in [6, 6.07) is 6.27. The summed E-state index contributed by atoms with van der Waals surface area (Å²) in [5, 5.41) is 0. The Morgan fingerprint density at radius 3 is 2.47 bits per heavy atom. The molecule has 1 nitrogen and oxygen atoms in total. The van der Waals surface area contributed by atoms with Crippen LogP contribution in [0.15, 0.2) is 22.7 Å². The minimum Gasteiger partial charge on any atom is -0.298 e. The van der Waals surface area contributed by atoms with Gasteiger partial charge in [-0.1, -0.05) is 58.7 Å². The molecular formula is C14H18Br2O. The third-order valence-corrected chi connectivity index (χ3v) is 4.09. The molecule has 3 heteroatoms. The van der Waals surface area contributed by atoms with Crippen molar-refractivity contribution in [2.75, 3.05) is 0 Å². The van der Waals surface area contributed by atoms with Crippen molar-refractivity contribution in [2.24, 2.45) is 5.92 Å². The molecule has 0 aromatic heterocycles. The Morgan fingerprint density at radius 1 is 1.29 bits per heavy atom. The fourth-order valence-electron chi connectivity index (χ4n) is 1.78. The van der Waals surface area contributed by atoms with Gasteiger partial charge in [-0.25, -0.2) is 0 Å². The Bertz CT molecular complexity index is 399. The van der Waals surface area contributed by atoms with Crippen LogP contribution in [0.2, 0.25) is 0 Å². The Labute approximate surface area is 120 Å². The molecular weight excluding hydrogens is 344 g/mol. The molecule has 0 saturated heterocycles. The molecule has 1 aromatic rings. The summed E-state index contributed by atoms with van der Waals surface area (Å²) >= 11 is 6.98. The van der Waals surface area contributed by atoms with Crippen molar-refractivity contribution in [3.8, 4) is 0 Å². The zero-order chi connectivity index (χ0) is 13.0. The highest BCUT2D eigenvalue weighted by Crippen LogP contribution is 2.22. The number of halogens is 2. The molecule has 94 valence electrons. The standard InChI is InChI=1S/C14H18Br2O/c1-4-10-7-12(15)6-5-11(10)8-13(16)14(17)9(2)3/h5-7,9,13H,4,8H2,1-3H3. The molecule has 0 heterocycles. The lowest BCUT2D eigenvalue weighted by molar-refractivity contribution is -0.121. The smallest absolute Gasteiger partial charge is 0.149 e. The number of carbonyl (C=O) groups excluding carboxylic acids is 1. The van der Waals surface area contributed by atoms with Crippen LogP contribution in [0.3, 0.4) is 0 Å². The molecule has 0 radical (unpaired) electrons. The fraction of sp³-hybridized carbons (Fsp3) is 0.500. The molecule has 0 aliphatic heterocycles. The Morgan fingerprint density at radius 2 is 1.94 bits per heavy atom. The summed E-state index contributed by atoms with van der Waals surface area (Å²) < 4.78 is 1.10. The zero-order valence-corrected chi connectivity index (χ0v) is 13.6. The molecule has 0 aliphatic rings. The summed E-state index contributed by atoms with van der Waals surface area (Å²) in [6.45, 7) is 6.02. The largest absolute Gasteiger partial charge is 0.298 e. The van der Waals surface area contributed by atoms with Crippen LogP contribution in [-0.4, -0.2) is 10.6 Å². The number of Topliss-reactive ketones (excluding diaryl/α,β-unsaturated/α-hetero) is 1. The third-order valence-electron chi connectivity index (χ3n) is 2.83. The molecule has 0 spiro atoms. The Hall–Kier alpha value is -0.150. The van der Waals surface area contributed by atoms with E-state index in [1.807, 2.05) is 19.9 Å². The minimum atomic E-state index is -0.0750. The first-order valence-corrected chi connectivity index (χ1v) is 7.61. The van der Waals surface area contributed by atoms with E-state index in [0.29, 0.717) is 0 Å². The average Bonchev–Trinajstić information content (AvgIpc) is 2.30. The van der Waals surface area contributed by atoms with Crippen molar-refractivity contribution in [2.45, 2.75) is 38.4 Å². The van der Waals surface area contributed by atoms with Crippen molar-refractivity contribution in [3.05, 3.63) is 33.8 Å². The Balaban J connectivity index is 2.84. The maximum Gasteiger partial charge on any atom is 0.149 e. The number of hydrogen-bond donors (Lipinski definition) is 0. The van der Waals surface area contributed by atoms with E-state index in [4.69, 9.17) is 0 Å². The summed E-state index contributed by atoms with van der Waals surface area (Å²) in [4.78, 5) is 11.8. The molecule has 1 rings (SSSR count). The van der Waals surface area contributed by atoms with Gasteiger partial charge in [-0.05, 0) is 36.1 Å². The maximum atomic E-state index is 11.9. The molecule has 0 amide bonds. The van der Waals surface area contributed by atoms with Gasteiger partial charge in [-0.2, -0.15) is 0 Å². The second-order valence-corrected chi connectivity index (χ2v) is 6.52. The van der Waals surface area contributed by atoms with Crippen LogP contribution in [-0.2, 0) is 17.6 Å². The first kappa shape index (κ1) is 14.9. The van der Waals surface area contributed by atoms with Crippen molar-refractivity contribution >= 4 is 37.6 Å². The number of aryl methyl sites for hydroxylation is 1. The normalized spacial score (nSPS) is 12.8. The van der Waals surface area contributed by atoms with Crippen LogP contribution in [0, 0.1) is 5.92 Å². The van der Waals surface area contributed by atoms with Gasteiger partial charge in [0.1, 0.15) is 5.78 Å². The molecule has 0 fully saturated rings. The van der Waals surface area contributed by atoms with E-state index in [1.54, 1.807) is 0 Å². The van der Waals surface area contributed by atoms with Crippen molar-refractivity contribution in [3.63, 3.8) is 0 Å². The molecule has 0 saturated carbocycles. The number of alkyl halides is 1. The van der Waals surface area contributed by atoms with E-state index < -0.39 is 0 Å². The molecule has 0 aliphatic carbocycles. The summed E-state index contributed by atoms with van der Waals surface area (Å²) in [5.41, 5.74) is 2.56. The van der Waals surface area contributed by atoms with Crippen molar-refractivity contribution < 1.29 is 4.79 Å². The molecule has 1 unspecified atom stereocenters. The second kappa shape index (κ2) is 6.69. The first-order valence-electron chi connectivity index (χ1n) is 5.90. The maximum absolute atomic E-state index is 11.9. The van der Waals surface area contributed by atoms with E-state index in [0.717, 1.165) is 17.3 Å². The number of hydrogen-bond acceptors (Lipinski definition) is 1. The second-order valence-electron chi connectivity index (χ2n) is 4.50. The van der Waals surface area contributed by atoms with Crippen LogP contribution in [0.1, 0.15) is 31.9 Å². The van der Waals surface area contributed by atoms with Crippen LogP contribution in [0.25, 0.3) is 0 Å². The van der Waals surface area contributed by atoms with Crippen molar-refractivity contribution in [1.82, 2.24) is 0 Å². The highest BCUT2D eigenvalue weighted by Gasteiger charge is 2.19. The molecule has 1 aromatic carbocycles. The molecule has 0 bridgehead atoms. The van der Waals surface area contributed by atoms with Gasteiger partial charge in [-0.3, -0.25) is 4.79 Å². The monoisotopic (exact) mass is 360 g/mol. The quantitative estimate of drug-likeness (QED) is 0.703. The van der Waals surface area contributed by atoms with Crippen LogP contribution in [0.5, 0.6) is 0 Å². The molecule has 1 atom stereocenters. The van der Waals surface area contributed by atoms with Crippen molar-refractivity contribution in [1.29, 1.82) is 0 Å². The van der Waals surface area contributed by atoms with E-state index in [-0.39, 0.29) is 16.5 Å². The molecule has 0 N–H and O–H groups in total. The fourth-order valence-corrected chi connectivity index (χ4v) is 3.06. The predicted molar refractivity (Wildman–Crippen MR) is 79.8 cm³/mol. The highest BCUT2D eigenvalue weighted by atomic mass is 79.9. The zero-order valence-electron chi connectivity index (χ0n) is 10.5. The van der Waals surface area contributed by atoms with Gasteiger partial charge in [0.25, 0.3) is 0 Å². The van der Waals surface area contributed by atoms with Crippen LogP contribution < -0.4 is 0 Å². The number of benzene rings is 1.